The summed E-state index contributed by atoms with van der Waals surface area (Å²) in [6, 6.07) is 4.54. The SMILES string of the molecule is CCCCCCCCCCCCCCCCCC(C)(C)c1cc(C)cc(C(C)(C)CCCCCCCCCCCCCCCCC)c1O. The van der Waals surface area contributed by atoms with Crippen LogP contribution in [0, 0.1) is 6.92 Å². The molecule has 0 fully saturated rings. The first-order valence-electron chi connectivity index (χ1n) is 22.0. The smallest absolute Gasteiger partial charge is 0.123 e. The Hall–Kier alpha value is -0.980. The Balaban J connectivity index is 2.27. The van der Waals surface area contributed by atoms with E-state index in [4.69, 9.17) is 0 Å². The van der Waals surface area contributed by atoms with Crippen LogP contribution in [-0.2, 0) is 10.8 Å². The van der Waals surface area contributed by atoms with Gasteiger partial charge in [-0.25, -0.2) is 0 Å². The molecule has 1 N–H and O–H groups in total. The monoisotopic (exact) mass is 669 g/mol. The van der Waals surface area contributed by atoms with Crippen LogP contribution in [0.25, 0.3) is 0 Å². The van der Waals surface area contributed by atoms with Crippen LogP contribution >= 0.6 is 0 Å². The first-order valence-corrected chi connectivity index (χ1v) is 22.0. The molecule has 282 valence electrons. The van der Waals surface area contributed by atoms with Crippen LogP contribution in [-0.4, -0.2) is 5.11 Å². The lowest BCUT2D eigenvalue weighted by Gasteiger charge is -2.32. The highest BCUT2D eigenvalue weighted by Gasteiger charge is 2.30. The number of aromatic hydroxyl groups is 1. The van der Waals surface area contributed by atoms with Gasteiger partial charge in [-0.2, -0.15) is 0 Å². The molecule has 0 amide bonds. The summed E-state index contributed by atoms with van der Waals surface area (Å²) >= 11 is 0. The summed E-state index contributed by atoms with van der Waals surface area (Å²) in [6.07, 6.45) is 44.5. The highest BCUT2D eigenvalue weighted by atomic mass is 16.3. The fraction of sp³-hybridized carbons (Fsp3) is 0.872. The fourth-order valence-corrected chi connectivity index (χ4v) is 7.96. The predicted octanol–water partition coefficient (Wildman–Crippen LogP) is 16.8. The molecule has 0 aliphatic heterocycles. The van der Waals surface area contributed by atoms with Crippen molar-refractivity contribution in [3.8, 4) is 5.75 Å². The van der Waals surface area contributed by atoms with E-state index in [9.17, 15) is 5.11 Å². The van der Waals surface area contributed by atoms with E-state index < -0.39 is 0 Å². The Morgan fingerprint density at radius 2 is 0.583 bits per heavy atom. The lowest BCUT2D eigenvalue weighted by atomic mass is 9.73. The normalized spacial score (nSPS) is 12.3. The fourth-order valence-electron chi connectivity index (χ4n) is 7.96. The Morgan fingerprint density at radius 3 is 0.812 bits per heavy atom. The average Bonchev–Trinajstić information content (AvgIpc) is 3.05. The molecule has 1 aromatic rings. The van der Waals surface area contributed by atoms with Crippen molar-refractivity contribution in [2.45, 2.75) is 265 Å². The lowest BCUT2D eigenvalue weighted by Crippen LogP contribution is -2.22. The summed E-state index contributed by atoms with van der Waals surface area (Å²) in [7, 11) is 0. The molecule has 0 aliphatic rings. The van der Waals surface area contributed by atoms with Gasteiger partial charge >= 0.3 is 0 Å². The molecule has 0 aliphatic carbocycles. The van der Waals surface area contributed by atoms with Crippen molar-refractivity contribution in [3.63, 3.8) is 0 Å². The van der Waals surface area contributed by atoms with Gasteiger partial charge in [0.05, 0.1) is 0 Å². The van der Waals surface area contributed by atoms with Crippen LogP contribution in [0.4, 0.5) is 0 Å². The van der Waals surface area contributed by atoms with Crippen LogP contribution in [0.1, 0.15) is 264 Å². The Bertz CT molecular complexity index is 797. The molecule has 1 heteroatoms. The van der Waals surface area contributed by atoms with E-state index in [0.717, 1.165) is 12.8 Å². The van der Waals surface area contributed by atoms with Gasteiger partial charge in [-0.15, -0.1) is 0 Å². The van der Waals surface area contributed by atoms with Crippen molar-refractivity contribution in [2.75, 3.05) is 0 Å². The second-order valence-corrected chi connectivity index (χ2v) is 17.4. The van der Waals surface area contributed by atoms with E-state index in [0.29, 0.717) is 5.75 Å². The Morgan fingerprint density at radius 1 is 0.375 bits per heavy atom. The summed E-state index contributed by atoms with van der Waals surface area (Å²) in [6.45, 7) is 16.3. The molecule has 48 heavy (non-hydrogen) atoms. The molecule has 0 spiro atoms. The third kappa shape index (κ3) is 22.0. The second-order valence-electron chi connectivity index (χ2n) is 17.4. The van der Waals surface area contributed by atoms with Crippen molar-refractivity contribution in [2.24, 2.45) is 0 Å². The molecule has 0 radical (unpaired) electrons. The molecular weight excluding hydrogens is 581 g/mol. The van der Waals surface area contributed by atoms with Crippen LogP contribution in [0.15, 0.2) is 12.1 Å². The molecule has 0 saturated carbocycles. The van der Waals surface area contributed by atoms with Gasteiger partial charge in [0, 0.05) is 11.1 Å². The van der Waals surface area contributed by atoms with E-state index in [1.807, 2.05) is 0 Å². The lowest BCUT2D eigenvalue weighted by molar-refractivity contribution is 0.377. The van der Waals surface area contributed by atoms with Gasteiger partial charge < -0.3 is 5.11 Å². The largest absolute Gasteiger partial charge is 0.507 e. The van der Waals surface area contributed by atoms with Crippen LogP contribution in [0.5, 0.6) is 5.75 Å². The average molecular weight is 669 g/mol. The van der Waals surface area contributed by atoms with Gasteiger partial charge in [0.1, 0.15) is 5.75 Å². The predicted molar refractivity (Wildman–Crippen MR) is 218 cm³/mol. The number of hydrogen-bond acceptors (Lipinski definition) is 1. The molecule has 0 heterocycles. The number of aryl methyl sites for hydroxylation is 1. The maximum Gasteiger partial charge on any atom is 0.123 e. The number of unbranched alkanes of at least 4 members (excludes halogenated alkanes) is 28. The first kappa shape index (κ1) is 45.0. The topological polar surface area (TPSA) is 20.2 Å². The van der Waals surface area contributed by atoms with Crippen LogP contribution < -0.4 is 0 Å². The highest BCUT2D eigenvalue weighted by molar-refractivity contribution is 5.50. The van der Waals surface area contributed by atoms with E-state index >= 15 is 0 Å². The van der Waals surface area contributed by atoms with Crippen molar-refractivity contribution < 1.29 is 5.11 Å². The molecule has 0 atom stereocenters. The van der Waals surface area contributed by atoms with E-state index in [1.165, 1.54) is 209 Å². The zero-order chi connectivity index (χ0) is 35.4. The van der Waals surface area contributed by atoms with E-state index in [1.54, 1.807) is 0 Å². The Kier molecular flexibility index (Phi) is 26.9. The second kappa shape index (κ2) is 28.7. The third-order valence-electron chi connectivity index (χ3n) is 11.5. The van der Waals surface area contributed by atoms with Gasteiger partial charge in [-0.1, -0.05) is 252 Å². The number of hydrogen-bond donors (Lipinski definition) is 1. The van der Waals surface area contributed by atoms with Gasteiger partial charge in [0.15, 0.2) is 0 Å². The van der Waals surface area contributed by atoms with Crippen molar-refractivity contribution in [1.29, 1.82) is 0 Å². The molecule has 1 aromatic carbocycles. The zero-order valence-electron chi connectivity index (χ0n) is 34.2. The molecule has 0 bridgehead atoms. The zero-order valence-corrected chi connectivity index (χ0v) is 34.2. The number of phenolic OH excluding ortho intramolecular Hbond substituents is 1. The minimum absolute atomic E-state index is 0.00606. The van der Waals surface area contributed by atoms with Crippen molar-refractivity contribution >= 4 is 0 Å². The molecular formula is C47H88O. The van der Waals surface area contributed by atoms with E-state index in [-0.39, 0.29) is 10.8 Å². The minimum atomic E-state index is 0.00606. The Labute approximate surface area is 303 Å². The van der Waals surface area contributed by atoms with Crippen molar-refractivity contribution in [3.05, 3.63) is 28.8 Å². The van der Waals surface area contributed by atoms with Gasteiger partial charge in [-0.3, -0.25) is 0 Å². The van der Waals surface area contributed by atoms with E-state index in [2.05, 4.69) is 60.6 Å². The molecule has 0 saturated heterocycles. The minimum Gasteiger partial charge on any atom is -0.507 e. The molecule has 0 aromatic heterocycles. The summed E-state index contributed by atoms with van der Waals surface area (Å²) in [5.74, 6) is 0.581. The first-order chi connectivity index (χ1) is 23.2. The highest BCUT2D eigenvalue weighted by Crippen LogP contribution is 2.43. The molecule has 0 unspecified atom stereocenters. The maximum absolute atomic E-state index is 11.6. The van der Waals surface area contributed by atoms with Gasteiger partial charge in [-0.05, 0) is 30.6 Å². The quantitative estimate of drug-likeness (QED) is 0.0725. The van der Waals surface area contributed by atoms with Gasteiger partial charge in [0.25, 0.3) is 0 Å². The summed E-state index contributed by atoms with van der Waals surface area (Å²) in [4.78, 5) is 0. The van der Waals surface area contributed by atoms with Crippen molar-refractivity contribution in [1.82, 2.24) is 0 Å². The third-order valence-corrected chi connectivity index (χ3v) is 11.5. The number of benzene rings is 1. The summed E-state index contributed by atoms with van der Waals surface area (Å²) in [5, 5.41) is 11.6. The number of phenols is 1. The summed E-state index contributed by atoms with van der Waals surface area (Å²) in [5.41, 5.74) is 3.66. The maximum atomic E-state index is 11.6. The van der Waals surface area contributed by atoms with Crippen LogP contribution in [0.3, 0.4) is 0 Å². The number of rotatable bonds is 34. The van der Waals surface area contributed by atoms with Crippen LogP contribution in [0.2, 0.25) is 0 Å². The molecule has 1 rings (SSSR count). The molecule has 1 nitrogen and oxygen atoms in total. The van der Waals surface area contributed by atoms with Gasteiger partial charge in [0.2, 0.25) is 0 Å². The summed E-state index contributed by atoms with van der Waals surface area (Å²) < 4.78 is 0. The standard InChI is InChI=1S/C47H88O/c1-8-10-12-14-16-18-20-22-24-26-28-30-32-34-36-38-46(4,5)43-40-42(3)41-44(45(43)48)47(6,7)39-37-35-33-31-29-27-25-23-21-19-17-15-13-11-9-2/h40-41,48H,8-39H2,1-7H3.